The summed E-state index contributed by atoms with van der Waals surface area (Å²) in [4.78, 5) is 11.3. The van der Waals surface area contributed by atoms with Gasteiger partial charge in [-0.2, -0.15) is 0 Å². The Kier molecular flexibility index (Phi) is 4.51. The fourth-order valence-electron chi connectivity index (χ4n) is 0.981. The van der Waals surface area contributed by atoms with Crippen molar-refractivity contribution < 1.29 is 4.79 Å². The Morgan fingerprint density at radius 2 is 2.00 bits per heavy atom. The Labute approximate surface area is 89.6 Å². The SMILES string of the molecule is CC[Se]C(=O)Cc1ccc(Cl)cc1. The summed E-state index contributed by atoms with van der Waals surface area (Å²) in [7, 11) is 0. The summed E-state index contributed by atoms with van der Waals surface area (Å²) < 4.78 is 0.359. The van der Waals surface area contributed by atoms with Crippen LogP contribution in [0.2, 0.25) is 10.3 Å². The van der Waals surface area contributed by atoms with Crippen LogP contribution in [0.1, 0.15) is 12.5 Å². The van der Waals surface area contributed by atoms with Gasteiger partial charge in [0, 0.05) is 0 Å². The molecule has 70 valence electrons. The Morgan fingerprint density at radius 3 is 2.54 bits per heavy atom. The second-order valence-corrected chi connectivity index (χ2v) is 5.82. The van der Waals surface area contributed by atoms with E-state index in [0.717, 1.165) is 15.9 Å². The van der Waals surface area contributed by atoms with E-state index in [1.165, 1.54) is 0 Å². The number of rotatable bonds is 4. The molecule has 0 amide bonds. The summed E-state index contributed by atoms with van der Waals surface area (Å²) in [5, 5.41) is 1.71. The van der Waals surface area contributed by atoms with Gasteiger partial charge in [0.2, 0.25) is 0 Å². The molecule has 0 heterocycles. The van der Waals surface area contributed by atoms with Crippen molar-refractivity contribution in [3.8, 4) is 0 Å². The number of carbonyl (C=O) groups excluding carboxylic acids is 1. The van der Waals surface area contributed by atoms with Gasteiger partial charge in [-0.3, -0.25) is 0 Å². The molecule has 1 aromatic carbocycles. The molecule has 0 radical (unpaired) electrons. The van der Waals surface area contributed by atoms with Crippen LogP contribution in [0.3, 0.4) is 0 Å². The molecule has 0 aromatic heterocycles. The molecule has 0 saturated heterocycles. The molecule has 0 fully saturated rings. The summed E-state index contributed by atoms with van der Waals surface area (Å²) in [6.45, 7) is 2.04. The van der Waals surface area contributed by atoms with Crippen molar-refractivity contribution in [2.75, 3.05) is 0 Å². The zero-order chi connectivity index (χ0) is 9.68. The zero-order valence-corrected chi connectivity index (χ0v) is 9.89. The van der Waals surface area contributed by atoms with E-state index in [2.05, 4.69) is 0 Å². The van der Waals surface area contributed by atoms with Crippen molar-refractivity contribution in [2.24, 2.45) is 0 Å². The minimum atomic E-state index is 0.152. The summed E-state index contributed by atoms with van der Waals surface area (Å²) in [5.41, 5.74) is 1.06. The zero-order valence-electron chi connectivity index (χ0n) is 7.42. The second kappa shape index (κ2) is 5.43. The molecule has 0 aliphatic carbocycles. The maximum atomic E-state index is 11.3. The molecule has 0 unspecified atom stereocenters. The summed E-state index contributed by atoms with van der Waals surface area (Å²) in [6, 6.07) is 7.46. The normalized spacial score (nSPS) is 10.0. The molecule has 0 saturated carbocycles. The van der Waals surface area contributed by atoms with Crippen molar-refractivity contribution >= 4 is 31.2 Å². The first-order valence-electron chi connectivity index (χ1n) is 4.12. The fourth-order valence-corrected chi connectivity index (χ4v) is 2.35. The van der Waals surface area contributed by atoms with Crippen molar-refractivity contribution in [2.45, 2.75) is 18.7 Å². The Balaban J connectivity index is 2.54. The van der Waals surface area contributed by atoms with Crippen LogP contribution in [0.5, 0.6) is 0 Å². The van der Waals surface area contributed by atoms with Crippen molar-refractivity contribution in [3.63, 3.8) is 0 Å². The van der Waals surface area contributed by atoms with E-state index in [0.29, 0.717) is 11.1 Å². The van der Waals surface area contributed by atoms with Gasteiger partial charge < -0.3 is 0 Å². The summed E-state index contributed by atoms with van der Waals surface area (Å²) in [6.07, 6.45) is 0.561. The van der Waals surface area contributed by atoms with E-state index < -0.39 is 0 Å². The average Bonchev–Trinajstić information content (AvgIpc) is 2.09. The van der Waals surface area contributed by atoms with Gasteiger partial charge in [-0.25, -0.2) is 0 Å². The molecule has 0 aliphatic rings. The molecule has 0 N–H and O–H groups in total. The topological polar surface area (TPSA) is 17.1 Å². The van der Waals surface area contributed by atoms with E-state index in [-0.39, 0.29) is 15.0 Å². The Hall–Kier alpha value is -0.301. The molecule has 0 aliphatic heterocycles. The van der Waals surface area contributed by atoms with E-state index in [4.69, 9.17) is 11.6 Å². The molecular weight excluding hydrogens is 251 g/mol. The molecule has 0 atom stereocenters. The van der Waals surface area contributed by atoms with Gasteiger partial charge in [-0.05, 0) is 0 Å². The Bertz CT molecular complexity index is 281. The first-order valence-corrected chi connectivity index (χ1v) is 6.57. The van der Waals surface area contributed by atoms with Gasteiger partial charge in [0.1, 0.15) is 0 Å². The van der Waals surface area contributed by atoms with Crippen LogP contribution < -0.4 is 0 Å². The van der Waals surface area contributed by atoms with Gasteiger partial charge in [0.25, 0.3) is 0 Å². The predicted molar refractivity (Wildman–Crippen MR) is 56.4 cm³/mol. The molecular formula is C10H11ClOSe. The molecule has 1 aromatic rings. The Morgan fingerprint density at radius 1 is 1.38 bits per heavy atom. The number of halogens is 1. The molecule has 1 nitrogen and oxygen atoms in total. The number of benzene rings is 1. The minimum absolute atomic E-state index is 0.152. The van der Waals surface area contributed by atoms with Crippen LogP contribution in [-0.2, 0) is 11.2 Å². The van der Waals surface area contributed by atoms with Crippen molar-refractivity contribution in [1.29, 1.82) is 0 Å². The van der Waals surface area contributed by atoms with E-state index in [9.17, 15) is 4.79 Å². The van der Waals surface area contributed by atoms with Crippen LogP contribution in [0, 0.1) is 0 Å². The number of carbonyl (C=O) groups is 1. The van der Waals surface area contributed by atoms with Crippen LogP contribution in [0.25, 0.3) is 0 Å². The average molecular weight is 262 g/mol. The third-order valence-corrected chi connectivity index (χ3v) is 3.40. The van der Waals surface area contributed by atoms with Crippen molar-refractivity contribution in [3.05, 3.63) is 34.9 Å². The van der Waals surface area contributed by atoms with Crippen LogP contribution >= 0.6 is 11.6 Å². The van der Waals surface area contributed by atoms with Crippen LogP contribution in [0.4, 0.5) is 0 Å². The molecule has 0 bridgehead atoms. The summed E-state index contributed by atoms with van der Waals surface area (Å²) >= 11 is 5.88. The third-order valence-electron chi connectivity index (χ3n) is 1.57. The van der Waals surface area contributed by atoms with Gasteiger partial charge in [0.05, 0.1) is 0 Å². The first-order chi connectivity index (χ1) is 6.22. The third kappa shape index (κ3) is 3.95. The number of hydrogen-bond acceptors (Lipinski definition) is 1. The van der Waals surface area contributed by atoms with E-state index >= 15 is 0 Å². The van der Waals surface area contributed by atoms with E-state index in [1.54, 1.807) is 0 Å². The molecule has 0 spiro atoms. The molecule has 13 heavy (non-hydrogen) atoms. The standard InChI is InChI=1S/C10H11ClOSe/c1-2-13-10(12)7-8-3-5-9(11)6-4-8/h3-6H,2,7H2,1H3. The monoisotopic (exact) mass is 262 g/mol. The van der Waals surface area contributed by atoms with Gasteiger partial charge >= 0.3 is 89.5 Å². The van der Waals surface area contributed by atoms with Gasteiger partial charge in [-0.1, -0.05) is 0 Å². The quantitative estimate of drug-likeness (QED) is 0.762. The molecule has 3 heteroatoms. The van der Waals surface area contributed by atoms with Crippen LogP contribution in [-0.4, -0.2) is 19.6 Å². The van der Waals surface area contributed by atoms with Gasteiger partial charge in [0.15, 0.2) is 0 Å². The number of hydrogen-bond donors (Lipinski definition) is 0. The van der Waals surface area contributed by atoms with Crippen molar-refractivity contribution in [1.82, 2.24) is 0 Å². The first kappa shape index (κ1) is 10.8. The fraction of sp³-hybridized carbons (Fsp3) is 0.300. The second-order valence-electron chi connectivity index (χ2n) is 2.61. The van der Waals surface area contributed by atoms with Gasteiger partial charge in [-0.15, -0.1) is 0 Å². The maximum absolute atomic E-state index is 11.3. The van der Waals surface area contributed by atoms with E-state index in [1.807, 2.05) is 31.2 Å². The predicted octanol–water partition coefficient (Wildman–Crippen LogP) is 2.55. The summed E-state index contributed by atoms with van der Waals surface area (Å²) in [5.74, 6) is 0. The molecule has 1 rings (SSSR count). The van der Waals surface area contributed by atoms with Crippen LogP contribution in [0.15, 0.2) is 24.3 Å².